The highest BCUT2D eigenvalue weighted by atomic mass is 16.5. The Bertz CT molecular complexity index is 436. The maximum absolute atomic E-state index is 12.2. The largest absolute Gasteiger partial charge is 0.381 e. The first kappa shape index (κ1) is 14.5. The van der Waals surface area contributed by atoms with Crippen LogP contribution in [0.1, 0.15) is 12.8 Å². The van der Waals surface area contributed by atoms with Gasteiger partial charge in [-0.2, -0.15) is 5.10 Å². The molecule has 0 aliphatic carbocycles. The molecule has 3 rings (SSSR count). The molecule has 0 spiro atoms. The van der Waals surface area contributed by atoms with Crippen LogP contribution in [0.3, 0.4) is 0 Å². The van der Waals surface area contributed by atoms with Crippen molar-refractivity contribution >= 4 is 5.91 Å². The lowest BCUT2D eigenvalue weighted by Crippen LogP contribution is -2.49. The van der Waals surface area contributed by atoms with Crippen molar-refractivity contribution in [3.63, 3.8) is 0 Å². The smallest absolute Gasteiger partial charge is 0.223 e. The standard InChI is InChI=1S/C14H23N5O2/c20-14(9-13-1-8-21-10-13)18-5-2-17(3-6-18)4-7-19-12-15-11-16-19/h11-13H,1-10H2/t13-/m0/s1. The van der Waals surface area contributed by atoms with Crippen LogP contribution in [-0.4, -0.2) is 76.4 Å². The second kappa shape index (κ2) is 7.00. The zero-order valence-corrected chi connectivity index (χ0v) is 12.4. The second-order valence-electron chi connectivity index (χ2n) is 5.81. The molecule has 21 heavy (non-hydrogen) atoms. The Morgan fingerprint density at radius 3 is 2.76 bits per heavy atom. The summed E-state index contributed by atoms with van der Waals surface area (Å²) in [6.07, 6.45) is 4.98. The van der Waals surface area contributed by atoms with Crippen LogP contribution < -0.4 is 0 Å². The molecule has 1 aromatic rings. The van der Waals surface area contributed by atoms with Gasteiger partial charge in [0.1, 0.15) is 12.7 Å². The number of ether oxygens (including phenoxy) is 1. The average molecular weight is 293 g/mol. The third-order valence-electron chi connectivity index (χ3n) is 4.32. The quantitative estimate of drug-likeness (QED) is 0.755. The molecular formula is C14H23N5O2. The fraction of sp³-hybridized carbons (Fsp3) is 0.786. The van der Waals surface area contributed by atoms with Gasteiger partial charge in [0.05, 0.1) is 6.54 Å². The molecule has 0 radical (unpaired) electrons. The van der Waals surface area contributed by atoms with E-state index < -0.39 is 0 Å². The first-order valence-corrected chi connectivity index (χ1v) is 7.71. The highest BCUT2D eigenvalue weighted by Crippen LogP contribution is 2.18. The molecular weight excluding hydrogens is 270 g/mol. The molecule has 2 saturated heterocycles. The van der Waals surface area contributed by atoms with Gasteiger partial charge in [0.15, 0.2) is 0 Å². The predicted molar refractivity (Wildman–Crippen MR) is 76.6 cm³/mol. The first-order valence-electron chi connectivity index (χ1n) is 7.71. The Labute approximate surface area is 124 Å². The summed E-state index contributed by atoms with van der Waals surface area (Å²) in [5.74, 6) is 0.726. The van der Waals surface area contributed by atoms with Gasteiger partial charge in [-0.1, -0.05) is 0 Å². The minimum Gasteiger partial charge on any atom is -0.381 e. The van der Waals surface area contributed by atoms with Crippen LogP contribution in [0, 0.1) is 5.92 Å². The van der Waals surface area contributed by atoms with Crippen molar-refractivity contribution < 1.29 is 9.53 Å². The summed E-state index contributed by atoms with van der Waals surface area (Å²) in [5, 5.41) is 4.10. The van der Waals surface area contributed by atoms with Crippen molar-refractivity contribution in [2.45, 2.75) is 19.4 Å². The number of amides is 1. The van der Waals surface area contributed by atoms with Gasteiger partial charge in [-0.25, -0.2) is 4.98 Å². The van der Waals surface area contributed by atoms with Crippen molar-refractivity contribution in [3.8, 4) is 0 Å². The van der Waals surface area contributed by atoms with Crippen molar-refractivity contribution in [1.82, 2.24) is 24.6 Å². The van der Waals surface area contributed by atoms with Gasteiger partial charge in [-0.05, 0) is 12.3 Å². The van der Waals surface area contributed by atoms with E-state index in [9.17, 15) is 4.79 Å². The Morgan fingerprint density at radius 1 is 1.24 bits per heavy atom. The first-order chi connectivity index (χ1) is 10.3. The van der Waals surface area contributed by atoms with Crippen LogP contribution in [0.5, 0.6) is 0 Å². The molecule has 7 nitrogen and oxygen atoms in total. The SMILES string of the molecule is O=C(C[C@@H]1CCOC1)N1CCN(CCn2cncn2)CC1. The molecule has 0 unspecified atom stereocenters. The highest BCUT2D eigenvalue weighted by Gasteiger charge is 2.25. The molecule has 0 N–H and O–H groups in total. The number of piperazine rings is 1. The van der Waals surface area contributed by atoms with Gasteiger partial charge in [0.25, 0.3) is 0 Å². The van der Waals surface area contributed by atoms with Crippen LogP contribution in [0.15, 0.2) is 12.7 Å². The Hall–Kier alpha value is -1.47. The number of hydrogen-bond donors (Lipinski definition) is 0. The monoisotopic (exact) mass is 293 g/mol. The summed E-state index contributed by atoms with van der Waals surface area (Å²) in [6, 6.07) is 0. The third kappa shape index (κ3) is 4.01. The molecule has 1 aromatic heterocycles. The summed E-state index contributed by atoms with van der Waals surface area (Å²) in [5.41, 5.74) is 0. The molecule has 7 heteroatoms. The Kier molecular flexibility index (Phi) is 4.82. The van der Waals surface area contributed by atoms with Crippen LogP contribution in [-0.2, 0) is 16.1 Å². The van der Waals surface area contributed by atoms with Crippen molar-refractivity contribution in [3.05, 3.63) is 12.7 Å². The summed E-state index contributed by atoms with van der Waals surface area (Å²) in [4.78, 5) is 20.6. The summed E-state index contributed by atoms with van der Waals surface area (Å²) < 4.78 is 7.18. The molecule has 0 aromatic carbocycles. The van der Waals surface area contributed by atoms with Crippen LogP contribution in [0.4, 0.5) is 0 Å². The van der Waals surface area contributed by atoms with Crippen LogP contribution >= 0.6 is 0 Å². The van der Waals surface area contributed by atoms with E-state index in [0.29, 0.717) is 18.2 Å². The highest BCUT2D eigenvalue weighted by molar-refractivity contribution is 5.76. The van der Waals surface area contributed by atoms with E-state index in [1.54, 1.807) is 12.7 Å². The van der Waals surface area contributed by atoms with Crippen molar-refractivity contribution in [2.75, 3.05) is 45.9 Å². The molecule has 3 heterocycles. The van der Waals surface area contributed by atoms with E-state index >= 15 is 0 Å². The molecule has 2 aliphatic rings. The topological polar surface area (TPSA) is 63.5 Å². The number of rotatable bonds is 5. The molecule has 1 amide bonds. The average Bonchev–Trinajstić information content (AvgIpc) is 3.19. The Morgan fingerprint density at radius 2 is 2.10 bits per heavy atom. The third-order valence-corrected chi connectivity index (χ3v) is 4.32. The number of nitrogens with zero attached hydrogens (tertiary/aromatic N) is 5. The Balaban J connectivity index is 1.37. The van der Waals surface area contributed by atoms with Crippen LogP contribution in [0.25, 0.3) is 0 Å². The fourth-order valence-corrected chi connectivity index (χ4v) is 2.93. The lowest BCUT2D eigenvalue weighted by atomic mass is 10.0. The minimum absolute atomic E-state index is 0.293. The molecule has 2 aliphatic heterocycles. The number of carbonyl (C=O) groups is 1. The lowest BCUT2D eigenvalue weighted by Gasteiger charge is -2.35. The van der Waals surface area contributed by atoms with E-state index in [2.05, 4.69) is 15.0 Å². The zero-order valence-electron chi connectivity index (χ0n) is 12.4. The number of hydrogen-bond acceptors (Lipinski definition) is 5. The molecule has 1 atom stereocenters. The maximum Gasteiger partial charge on any atom is 0.223 e. The van der Waals surface area contributed by atoms with E-state index in [-0.39, 0.29) is 0 Å². The maximum atomic E-state index is 12.2. The molecule has 0 bridgehead atoms. The van der Waals surface area contributed by atoms with E-state index in [0.717, 1.165) is 58.9 Å². The van der Waals surface area contributed by atoms with E-state index in [1.807, 2.05) is 9.58 Å². The van der Waals surface area contributed by atoms with Crippen molar-refractivity contribution in [1.29, 1.82) is 0 Å². The summed E-state index contributed by atoms with van der Waals surface area (Å²) >= 11 is 0. The lowest BCUT2D eigenvalue weighted by molar-refractivity contribution is -0.134. The number of carbonyl (C=O) groups excluding carboxylic acids is 1. The normalized spacial score (nSPS) is 23.6. The summed E-state index contributed by atoms with van der Waals surface area (Å²) in [7, 11) is 0. The predicted octanol–water partition coefficient (Wildman–Crippen LogP) is -0.151. The van der Waals surface area contributed by atoms with Gasteiger partial charge in [0, 0.05) is 52.4 Å². The summed E-state index contributed by atoms with van der Waals surface area (Å²) in [6.45, 7) is 6.95. The van der Waals surface area contributed by atoms with Gasteiger partial charge in [0.2, 0.25) is 5.91 Å². The molecule has 0 saturated carbocycles. The van der Waals surface area contributed by atoms with Crippen molar-refractivity contribution in [2.24, 2.45) is 5.92 Å². The van der Waals surface area contributed by atoms with Crippen LogP contribution in [0.2, 0.25) is 0 Å². The molecule has 116 valence electrons. The van der Waals surface area contributed by atoms with Gasteiger partial charge >= 0.3 is 0 Å². The van der Waals surface area contributed by atoms with Gasteiger partial charge in [-0.3, -0.25) is 14.4 Å². The van der Waals surface area contributed by atoms with Gasteiger partial charge in [-0.15, -0.1) is 0 Å². The fourth-order valence-electron chi connectivity index (χ4n) is 2.93. The van der Waals surface area contributed by atoms with Gasteiger partial charge < -0.3 is 9.64 Å². The van der Waals surface area contributed by atoms with E-state index in [4.69, 9.17) is 4.74 Å². The number of aromatic nitrogens is 3. The van der Waals surface area contributed by atoms with E-state index in [1.165, 1.54) is 0 Å². The minimum atomic E-state index is 0.293. The zero-order chi connectivity index (χ0) is 14.5. The molecule has 2 fully saturated rings. The second-order valence-corrected chi connectivity index (χ2v) is 5.81.